The molecule has 0 aliphatic rings. The topological polar surface area (TPSA) is 98.3 Å². The molecule has 0 spiro atoms. The fourth-order valence-electron chi connectivity index (χ4n) is 1.55. The average molecular weight is 288 g/mol. The third-order valence-electron chi connectivity index (χ3n) is 2.39. The van der Waals surface area contributed by atoms with E-state index in [4.69, 9.17) is 5.73 Å². The Balaban J connectivity index is 0.00000324. The zero-order chi connectivity index (χ0) is 13.7. The molecule has 0 radical (unpaired) electrons. The summed E-state index contributed by atoms with van der Waals surface area (Å²) in [6, 6.07) is 5.17. The molecule has 6 nitrogen and oxygen atoms in total. The maximum absolute atomic E-state index is 11.7. The molecule has 7 heteroatoms. The lowest BCUT2D eigenvalue weighted by atomic mass is 10.0. The van der Waals surface area contributed by atoms with Gasteiger partial charge in [-0.2, -0.15) is 0 Å². The lowest BCUT2D eigenvalue weighted by Gasteiger charge is -2.13. The number of nitrogens with two attached hydrogens (primary N) is 1. The number of halogens is 1. The minimum Gasteiger partial charge on any atom is -0.324 e. The summed E-state index contributed by atoms with van der Waals surface area (Å²) < 4.78 is 0. The Morgan fingerprint density at radius 3 is 2.63 bits per heavy atom. The smallest absolute Gasteiger partial charge is 0.271 e. The Morgan fingerprint density at radius 2 is 2.11 bits per heavy atom. The summed E-state index contributed by atoms with van der Waals surface area (Å²) in [5.41, 5.74) is 6.04. The molecule has 19 heavy (non-hydrogen) atoms. The van der Waals surface area contributed by atoms with Gasteiger partial charge in [0.05, 0.1) is 11.0 Å². The second kappa shape index (κ2) is 7.70. The first kappa shape index (κ1) is 17.3. The molecule has 0 fully saturated rings. The van der Waals surface area contributed by atoms with Gasteiger partial charge in [0.1, 0.15) is 0 Å². The first-order valence-corrected chi connectivity index (χ1v) is 5.71. The Bertz CT molecular complexity index is 452. The van der Waals surface area contributed by atoms with Gasteiger partial charge in [-0.3, -0.25) is 14.9 Å². The van der Waals surface area contributed by atoms with Gasteiger partial charge >= 0.3 is 0 Å². The van der Waals surface area contributed by atoms with Crippen LogP contribution < -0.4 is 11.1 Å². The number of amides is 1. The molecular formula is C12H18ClN3O3. The zero-order valence-corrected chi connectivity index (χ0v) is 11.6. The minimum absolute atomic E-state index is 0. The first-order chi connectivity index (χ1) is 8.40. The predicted octanol–water partition coefficient (Wildman–Crippen LogP) is 2.33. The standard InChI is InChI=1S/C12H17N3O3.ClH/c1-8(2)6-11(13)12(16)14-9-4-3-5-10(7-9)15(17)18;/h3-5,7-8,11H,6,13H2,1-2H3,(H,14,16);1H/t11-;/m0./s1. The van der Waals surface area contributed by atoms with Crippen molar-refractivity contribution in [3.63, 3.8) is 0 Å². The SMILES string of the molecule is CC(C)C[C@H](N)C(=O)Nc1cccc([N+](=O)[O-])c1.Cl. The van der Waals surface area contributed by atoms with Gasteiger partial charge < -0.3 is 11.1 Å². The number of carbonyl (C=O) groups is 1. The molecule has 0 aliphatic heterocycles. The number of anilines is 1. The largest absolute Gasteiger partial charge is 0.324 e. The van der Waals surface area contributed by atoms with Crippen molar-refractivity contribution in [3.8, 4) is 0 Å². The highest BCUT2D eigenvalue weighted by Gasteiger charge is 2.16. The van der Waals surface area contributed by atoms with Gasteiger partial charge in [-0.1, -0.05) is 19.9 Å². The molecule has 0 saturated carbocycles. The third kappa shape index (κ3) is 5.67. The van der Waals surface area contributed by atoms with Crippen molar-refractivity contribution in [3.05, 3.63) is 34.4 Å². The highest BCUT2D eigenvalue weighted by Crippen LogP contribution is 2.17. The number of benzene rings is 1. The van der Waals surface area contributed by atoms with Gasteiger partial charge in [-0.05, 0) is 18.4 Å². The van der Waals surface area contributed by atoms with E-state index in [1.807, 2.05) is 13.8 Å². The second-order valence-electron chi connectivity index (χ2n) is 4.53. The molecule has 0 heterocycles. The van der Waals surface area contributed by atoms with Crippen LogP contribution in [0.3, 0.4) is 0 Å². The number of rotatable bonds is 5. The number of nitrogens with one attached hydrogen (secondary N) is 1. The van der Waals surface area contributed by atoms with E-state index in [1.165, 1.54) is 18.2 Å². The number of nitro groups is 1. The van der Waals surface area contributed by atoms with Crippen LogP contribution >= 0.6 is 12.4 Å². The van der Waals surface area contributed by atoms with Gasteiger partial charge in [-0.25, -0.2) is 0 Å². The molecule has 0 unspecified atom stereocenters. The van der Waals surface area contributed by atoms with Crippen molar-refractivity contribution in [2.24, 2.45) is 11.7 Å². The molecule has 0 aliphatic carbocycles. The molecule has 3 N–H and O–H groups in total. The van der Waals surface area contributed by atoms with Gasteiger partial charge in [-0.15, -0.1) is 12.4 Å². The van der Waals surface area contributed by atoms with Crippen LogP contribution in [-0.2, 0) is 4.79 Å². The van der Waals surface area contributed by atoms with E-state index < -0.39 is 11.0 Å². The van der Waals surface area contributed by atoms with E-state index in [1.54, 1.807) is 6.07 Å². The van der Waals surface area contributed by atoms with Gasteiger partial charge in [0, 0.05) is 17.8 Å². The number of hydrogen-bond acceptors (Lipinski definition) is 4. The molecular weight excluding hydrogens is 270 g/mol. The van der Waals surface area contributed by atoms with Crippen LogP contribution in [0.2, 0.25) is 0 Å². The van der Waals surface area contributed by atoms with Crippen LogP contribution in [-0.4, -0.2) is 16.9 Å². The molecule has 1 aromatic carbocycles. The fourth-order valence-corrected chi connectivity index (χ4v) is 1.55. The van der Waals surface area contributed by atoms with E-state index in [0.717, 1.165) is 0 Å². The summed E-state index contributed by atoms with van der Waals surface area (Å²) in [7, 11) is 0. The molecule has 0 aromatic heterocycles. The summed E-state index contributed by atoms with van der Waals surface area (Å²) in [5, 5.41) is 13.2. The summed E-state index contributed by atoms with van der Waals surface area (Å²) in [6.45, 7) is 3.95. The highest BCUT2D eigenvalue weighted by atomic mass is 35.5. The Morgan fingerprint density at radius 1 is 1.47 bits per heavy atom. The summed E-state index contributed by atoms with van der Waals surface area (Å²) in [5.74, 6) is -0.0138. The fraction of sp³-hybridized carbons (Fsp3) is 0.417. The van der Waals surface area contributed by atoms with Gasteiger partial charge in [0.2, 0.25) is 5.91 Å². The van der Waals surface area contributed by atoms with E-state index in [2.05, 4.69) is 5.32 Å². The van der Waals surface area contributed by atoms with Gasteiger partial charge in [0.25, 0.3) is 5.69 Å². The van der Waals surface area contributed by atoms with E-state index in [9.17, 15) is 14.9 Å². The molecule has 1 amide bonds. The Labute approximate surface area is 117 Å². The van der Waals surface area contributed by atoms with Crippen molar-refractivity contribution in [1.29, 1.82) is 0 Å². The van der Waals surface area contributed by atoms with Gasteiger partial charge in [0.15, 0.2) is 0 Å². The predicted molar refractivity (Wildman–Crippen MR) is 76.4 cm³/mol. The van der Waals surface area contributed by atoms with E-state index in [0.29, 0.717) is 18.0 Å². The Kier molecular flexibility index (Phi) is 7.03. The monoisotopic (exact) mass is 287 g/mol. The number of nitrogens with zero attached hydrogens (tertiary/aromatic N) is 1. The lowest BCUT2D eigenvalue weighted by Crippen LogP contribution is -2.36. The van der Waals surface area contributed by atoms with Crippen LogP contribution in [0.5, 0.6) is 0 Å². The van der Waals surface area contributed by atoms with Crippen molar-refractivity contribution in [2.75, 3.05) is 5.32 Å². The second-order valence-corrected chi connectivity index (χ2v) is 4.53. The number of hydrogen-bond donors (Lipinski definition) is 2. The zero-order valence-electron chi connectivity index (χ0n) is 10.8. The number of carbonyl (C=O) groups excluding carboxylic acids is 1. The van der Waals surface area contributed by atoms with Crippen LogP contribution in [0.1, 0.15) is 20.3 Å². The lowest BCUT2D eigenvalue weighted by molar-refractivity contribution is -0.384. The summed E-state index contributed by atoms with van der Waals surface area (Å²) in [4.78, 5) is 21.8. The van der Waals surface area contributed by atoms with Crippen molar-refractivity contribution >= 4 is 29.7 Å². The molecule has 106 valence electrons. The first-order valence-electron chi connectivity index (χ1n) is 5.71. The summed E-state index contributed by atoms with van der Waals surface area (Å²) in [6.07, 6.45) is 0.570. The van der Waals surface area contributed by atoms with E-state index in [-0.39, 0.29) is 24.0 Å². The molecule has 0 saturated heterocycles. The number of nitro benzene ring substituents is 1. The maximum Gasteiger partial charge on any atom is 0.271 e. The summed E-state index contributed by atoms with van der Waals surface area (Å²) >= 11 is 0. The van der Waals surface area contributed by atoms with Crippen molar-refractivity contribution < 1.29 is 9.72 Å². The van der Waals surface area contributed by atoms with E-state index >= 15 is 0 Å². The van der Waals surface area contributed by atoms with Crippen LogP contribution in [0.4, 0.5) is 11.4 Å². The maximum atomic E-state index is 11.7. The normalized spacial score (nSPS) is 11.6. The molecule has 1 rings (SSSR count). The van der Waals surface area contributed by atoms with Crippen LogP contribution in [0, 0.1) is 16.0 Å². The molecule has 0 bridgehead atoms. The number of non-ortho nitro benzene ring substituents is 1. The Hall–Kier alpha value is -1.66. The molecule has 1 aromatic rings. The molecule has 1 atom stereocenters. The van der Waals surface area contributed by atoms with Crippen molar-refractivity contribution in [1.82, 2.24) is 0 Å². The average Bonchev–Trinajstić information content (AvgIpc) is 2.28. The highest BCUT2D eigenvalue weighted by molar-refractivity contribution is 5.94. The quantitative estimate of drug-likeness (QED) is 0.641. The van der Waals surface area contributed by atoms with Crippen LogP contribution in [0.25, 0.3) is 0 Å². The van der Waals surface area contributed by atoms with Crippen LogP contribution in [0.15, 0.2) is 24.3 Å². The minimum atomic E-state index is -0.607. The van der Waals surface area contributed by atoms with Crippen molar-refractivity contribution in [2.45, 2.75) is 26.3 Å². The third-order valence-corrected chi connectivity index (χ3v) is 2.39.